The van der Waals surface area contributed by atoms with Gasteiger partial charge in [0, 0.05) is 83.6 Å². The maximum Gasteiger partial charge on any atom is 0.347 e. The van der Waals surface area contributed by atoms with Gasteiger partial charge in [0.15, 0.2) is 5.82 Å². The van der Waals surface area contributed by atoms with Gasteiger partial charge in [0.1, 0.15) is 93.2 Å². The molecule has 0 bridgehead atoms. The topological polar surface area (TPSA) is 763 Å². The van der Waals surface area contributed by atoms with Crippen molar-refractivity contribution in [1.82, 2.24) is 65.0 Å². The molecule has 28 N–H and O–H groups in total. The second kappa shape index (κ2) is 58.1. The number of carboxylic acids is 1. The summed E-state index contributed by atoms with van der Waals surface area (Å²) in [6.45, 7) is 3.94. The molecule has 6 aromatic heterocycles. The molecule has 0 spiro atoms. The number of amides is 2. The van der Waals surface area contributed by atoms with E-state index in [-0.39, 0.29) is 110 Å². The number of benzene rings is 6. The first-order valence-electron chi connectivity index (χ1n) is 41.5. The lowest BCUT2D eigenvalue weighted by Gasteiger charge is -2.29. The van der Waals surface area contributed by atoms with E-state index in [2.05, 4.69) is 137 Å². The normalized spacial score (nSPS) is 14.5. The van der Waals surface area contributed by atoms with Gasteiger partial charge in [-0.1, -0.05) is 54.3 Å². The van der Waals surface area contributed by atoms with Crippen LogP contribution in [0.1, 0.15) is 117 Å². The number of rotatable bonds is 29. The van der Waals surface area contributed by atoms with Gasteiger partial charge in [0.05, 0.1) is 73.3 Å². The van der Waals surface area contributed by atoms with E-state index < -0.39 is 29.7 Å². The van der Waals surface area contributed by atoms with Crippen LogP contribution < -0.4 is 94.5 Å². The third kappa shape index (κ3) is 37.0. The number of aromatic carboxylic acids is 1. The van der Waals surface area contributed by atoms with Gasteiger partial charge < -0.3 is 109 Å². The van der Waals surface area contributed by atoms with Crippen LogP contribution in [0.4, 0.5) is 86.1 Å². The minimum Gasteiger partial charge on any atom is -0.477 e. The maximum atomic E-state index is 11.9. The van der Waals surface area contributed by atoms with Crippen molar-refractivity contribution in [3.8, 4) is 6.01 Å². The second-order valence-corrected chi connectivity index (χ2v) is 29.2. The maximum absolute atomic E-state index is 11.9. The third-order valence-corrected chi connectivity index (χ3v) is 19.1. The van der Waals surface area contributed by atoms with Crippen LogP contribution in [0, 0.1) is 0 Å². The van der Waals surface area contributed by atoms with Crippen molar-refractivity contribution in [1.29, 1.82) is 0 Å². The second-order valence-electron chi connectivity index (χ2n) is 27.8. The lowest BCUT2D eigenvalue weighted by Crippen LogP contribution is -2.43. The molecule has 139 heavy (non-hydrogen) atoms. The summed E-state index contributed by atoms with van der Waals surface area (Å²) in [5, 5.41) is 32.3. The number of primary amides is 2. The number of hydrogen-bond acceptors (Lipinski definition) is 34. The van der Waals surface area contributed by atoms with E-state index in [1.807, 2.05) is 12.1 Å². The predicted molar refractivity (Wildman–Crippen MR) is 542 cm³/mol. The first-order valence-corrected chi connectivity index (χ1v) is 43.0. The average molecular weight is 1970 g/mol. The molecule has 6 aromatic carbocycles. The molecule has 6 heterocycles. The van der Waals surface area contributed by atoms with E-state index in [9.17, 15) is 24.0 Å². The highest BCUT2D eigenvalue weighted by Gasteiger charge is 2.25. The minimum atomic E-state index is -1.15. The minimum absolute atomic E-state index is 0.00144. The molecule has 2 amide bonds. The van der Waals surface area contributed by atoms with E-state index in [4.69, 9.17) is 129 Å². The van der Waals surface area contributed by atoms with E-state index in [0.717, 1.165) is 81.5 Å². The number of hydrogen-bond donors (Lipinski definition) is 17. The number of carbonyl (C=O) groups is 5. The van der Waals surface area contributed by atoms with Gasteiger partial charge in [-0.2, -0.15) is 19.9 Å². The number of ether oxygens (including phenoxy) is 2. The predicted octanol–water partition coefficient (Wildman–Crippen LogP) is 11.2. The Morgan fingerprint density at radius 3 is 1.18 bits per heavy atom. The van der Waals surface area contributed by atoms with Crippen LogP contribution in [0.5, 0.6) is 6.01 Å². The van der Waals surface area contributed by atoms with Gasteiger partial charge in [-0.25, -0.2) is 94.2 Å². The monoisotopic (exact) mass is 1970 g/mol. The van der Waals surface area contributed by atoms with Crippen molar-refractivity contribution in [2.45, 2.75) is 89.4 Å². The molecule has 2 aliphatic rings. The van der Waals surface area contributed by atoms with Gasteiger partial charge in [-0.05, 0) is 213 Å². The Morgan fingerprint density at radius 2 is 0.784 bits per heavy atom. The number of nitrogens with two attached hydrogens (primary N) is 11. The molecular formula is C87H97Cl4N39O9. The van der Waals surface area contributed by atoms with E-state index in [1.165, 1.54) is 80.5 Å². The Labute approximate surface area is 814 Å². The fraction of sp³-hybridized carbons (Fsp3) is 0.184. The Morgan fingerprint density at radius 1 is 0.432 bits per heavy atom. The summed E-state index contributed by atoms with van der Waals surface area (Å²) in [6, 6.07) is 43.1. The average Bonchev–Trinajstić information content (AvgIpc) is 1.56. The number of anilines is 10. The zero-order chi connectivity index (χ0) is 100. The standard InChI is InChI=1S/C19H16N10O2.C19H25N9O.C15H15ClN6O2.C13H11ClN6O2.C8H10N4.C7H6Cl2N2O2.C6H14N2/c20-10-22-11-24-12-5-7-13(8-6-12)25-18-14(17(21)30)9-23-19(26-18)31-29-16-4-2-1-3-15(16)27-28-29;20-10-23-11-25-12-5-7-13(8-6-12)26-18-14(17(22)29)9-24-19(28-18)27-16-4-2-1-3-15(16)21;1-2-24-14(23)12-7-19-15(16)22-13(12)21-11-5-3-10(4-6-11)20-9-18-8-17;14-13-17-5-10(12(21)22)11(20-13)19-9-3-1-8(2-4-9)18-7-16-6-15;9-5-11-6-12-8-3-1-7(10)2-4-8;1-2-13-6(12)4-3-10-7(9)11-5(4)8;7-5-3-1-2-4-6(5)8/h1-11H,(H2,21,30)(H2,20,22,24)(H,23,25,26);5-11,15-16H,1-4,21H2,(H2,22,29)(H2,20,23,25)(H2,24,26,27,28);3-9H,2H2,1H3,(H2,17,18,20)(H,19,21,22);1-7H,(H,21,22)(H2,15,16,18)(H,17,19,20);1-6H,10H2,(H2,9,11,12);3H,2H2,1H3;5-6H,1-4,7-8H2/t;15-,16+;;;;;5-,6+/m.0...../s1. The molecule has 52 heteroatoms. The number of nitrogens with zero attached hydrogens (tertiary/aromatic N) is 23. The molecule has 2 aliphatic carbocycles. The Balaban J connectivity index is 0.000000206. The number of aromatic nitrogens is 13. The highest BCUT2D eigenvalue weighted by molar-refractivity contribution is 6.34. The molecule has 0 aliphatic heterocycles. The molecule has 0 radical (unpaired) electrons. The molecule has 2 saturated carbocycles. The lowest BCUT2D eigenvalue weighted by atomic mass is 9.91. The van der Waals surface area contributed by atoms with Crippen molar-refractivity contribution >= 4 is 237 Å². The van der Waals surface area contributed by atoms with E-state index in [0.29, 0.717) is 68.3 Å². The largest absolute Gasteiger partial charge is 0.477 e. The fourth-order valence-electron chi connectivity index (χ4n) is 11.5. The Kier molecular flexibility index (Phi) is 44.8. The SMILES string of the molecule is CCOC(=O)c1cnc(Cl)nc1Cl.CCOC(=O)c1cnc(Cl)nc1Nc1ccc(N=CN=CN)cc1.NC=NC=Nc1ccc(N)cc1.NC=NC=Nc1ccc(Nc2nc(Cl)ncc2C(=O)O)cc1.NC=NC=Nc1ccc(Nc2nc(N[C@@H]3CCCC[C@@H]3N)ncc2C(N)=O)cc1.NC=NC=Nc1ccc(Nc2nc(On3nnc4ccccc43)ncc2C(N)=O)cc1.N[C@@H]1CCCC[C@@H]1N. The van der Waals surface area contributed by atoms with Crippen molar-refractivity contribution in [3.05, 3.63) is 225 Å². The van der Waals surface area contributed by atoms with Crippen LogP contribution in [-0.2, 0) is 9.47 Å². The first-order chi connectivity index (χ1) is 67.2. The van der Waals surface area contributed by atoms with Crippen LogP contribution >= 0.6 is 46.4 Å². The van der Waals surface area contributed by atoms with Gasteiger partial charge >= 0.3 is 23.9 Å². The van der Waals surface area contributed by atoms with Crippen molar-refractivity contribution in [2.75, 3.05) is 45.5 Å². The number of esters is 2. The fourth-order valence-corrected chi connectivity index (χ4v) is 12.2. The summed E-state index contributed by atoms with van der Waals surface area (Å²) in [5.41, 5.74) is 68.2. The highest BCUT2D eigenvalue weighted by atomic mass is 35.5. The molecule has 4 atom stereocenters. The first kappa shape index (κ1) is 107. The van der Waals surface area contributed by atoms with Gasteiger partial charge in [0.25, 0.3) is 11.8 Å². The van der Waals surface area contributed by atoms with E-state index >= 15 is 0 Å². The summed E-state index contributed by atoms with van der Waals surface area (Å²) in [6.07, 6.45) is 27.8. The highest BCUT2D eigenvalue weighted by Crippen LogP contribution is 2.30. The van der Waals surface area contributed by atoms with Crippen molar-refractivity contribution < 1.29 is 43.4 Å². The molecule has 0 unspecified atom stereocenters. The molecule has 722 valence electrons. The number of halogens is 4. The van der Waals surface area contributed by atoms with Crippen LogP contribution in [0.25, 0.3) is 11.0 Å². The number of nitrogens with one attached hydrogen (secondary N) is 5. The van der Waals surface area contributed by atoms with Crippen LogP contribution in [0.3, 0.4) is 0 Å². The zero-order valence-corrected chi connectivity index (χ0v) is 77.3. The lowest BCUT2D eigenvalue weighted by molar-refractivity contribution is 0.0516. The van der Waals surface area contributed by atoms with Crippen LogP contribution in [0.15, 0.2) is 227 Å². The smallest absolute Gasteiger partial charge is 0.347 e. The number of para-hydroxylation sites is 1. The Hall–Kier alpha value is -17.2. The number of carboxylic acid groups (broad SMARTS) is 1. The molecule has 0 saturated heterocycles. The number of nitrogen functional groups attached to an aromatic ring is 1. The van der Waals surface area contributed by atoms with Gasteiger partial charge in [-0.15, -0.1) is 5.10 Å². The molecule has 12 aromatic rings. The van der Waals surface area contributed by atoms with Crippen molar-refractivity contribution in [3.63, 3.8) is 0 Å². The Bertz CT molecular complexity index is 6310. The van der Waals surface area contributed by atoms with E-state index in [1.54, 1.807) is 147 Å². The summed E-state index contributed by atoms with van der Waals surface area (Å²) in [4.78, 5) is 143. The number of fused-ring (bicyclic) bond motifs is 1. The summed E-state index contributed by atoms with van der Waals surface area (Å²) < 4.78 is 9.68. The quantitative estimate of drug-likeness (QED) is 0.00517. The molecule has 2 fully saturated rings. The summed E-state index contributed by atoms with van der Waals surface area (Å²) >= 11 is 22.6. The third-order valence-electron chi connectivity index (χ3n) is 18.2. The molecule has 48 nitrogen and oxygen atoms in total. The number of carbonyl (C=O) groups excluding carboxylic acids is 4. The van der Waals surface area contributed by atoms with Gasteiger partial charge in [0.2, 0.25) is 21.8 Å². The number of aliphatic imine (C=N–C) groups is 10. The molecular weight excluding hydrogens is 1880 g/mol. The zero-order valence-electron chi connectivity index (χ0n) is 74.3. The van der Waals surface area contributed by atoms with Crippen LogP contribution in [-0.4, -0.2) is 201 Å². The summed E-state index contributed by atoms with van der Waals surface area (Å²) in [7, 11) is 0. The van der Waals surface area contributed by atoms with Crippen LogP contribution in [0.2, 0.25) is 21.0 Å². The summed E-state index contributed by atoms with van der Waals surface area (Å²) in [5.74, 6) is -2.28. The van der Waals surface area contributed by atoms with Gasteiger partial charge in [-0.3, -0.25) is 9.59 Å². The van der Waals surface area contributed by atoms with Crippen molar-refractivity contribution in [2.24, 2.45) is 107 Å². The molecule has 14 rings (SSSR count).